The number of amides is 2. The molecule has 1 aliphatic rings. The van der Waals surface area contributed by atoms with Gasteiger partial charge in [-0.05, 0) is 53.8 Å². The third-order valence-corrected chi connectivity index (χ3v) is 8.76. The SMILES string of the molecule is O=C(NC1CCCC1)[C@@H](Cc1ccccc1)N(Cc1cccc(Br)c1)C(=O)CSCc1ccc(Cl)cc1Cl. The van der Waals surface area contributed by atoms with Crippen molar-refractivity contribution in [1.82, 2.24) is 10.2 Å². The van der Waals surface area contributed by atoms with Gasteiger partial charge < -0.3 is 10.2 Å². The van der Waals surface area contributed by atoms with E-state index in [1.54, 1.807) is 17.0 Å². The van der Waals surface area contributed by atoms with Crippen LogP contribution in [-0.4, -0.2) is 34.6 Å². The summed E-state index contributed by atoms with van der Waals surface area (Å²) < 4.78 is 0.934. The van der Waals surface area contributed by atoms with Gasteiger partial charge in [-0.15, -0.1) is 11.8 Å². The van der Waals surface area contributed by atoms with Crippen molar-refractivity contribution in [2.75, 3.05) is 5.75 Å². The average molecular weight is 634 g/mol. The van der Waals surface area contributed by atoms with E-state index in [0.29, 0.717) is 28.8 Å². The first kappa shape index (κ1) is 29.0. The minimum atomic E-state index is -0.621. The summed E-state index contributed by atoms with van der Waals surface area (Å²) in [6.07, 6.45) is 4.67. The quantitative estimate of drug-likeness (QED) is 0.236. The van der Waals surface area contributed by atoms with Crippen LogP contribution in [0.5, 0.6) is 0 Å². The monoisotopic (exact) mass is 632 g/mol. The van der Waals surface area contributed by atoms with Gasteiger partial charge in [0.25, 0.3) is 0 Å². The molecular weight excluding hydrogens is 603 g/mol. The molecule has 8 heteroatoms. The van der Waals surface area contributed by atoms with E-state index >= 15 is 0 Å². The summed E-state index contributed by atoms with van der Waals surface area (Å²) in [6, 6.07) is 22.7. The fourth-order valence-electron chi connectivity index (χ4n) is 4.72. The second kappa shape index (κ2) is 14.4. The number of halogens is 3. The Morgan fingerprint density at radius 1 is 0.974 bits per heavy atom. The smallest absolute Gasteiger partial charge is 0.243 e. The fourth-order valence-corrected chi connectivity index (χ4v) is 6.64. The molecule has 4 rings (SSSR count). The van der Waals surface area contributed by atoms with Crippen LogP contribution in [0, 0.1) is 0 Å². The van der Waals surface area contributed by atoms with E-state index < -0.39 is 6.04 Å². The van der Waals surface area contributed by atoms with Crippen molar-refractivity contribution in [3.63, 3.8) is 0 Å². The van der Waals surface area contributed by atoms with Gasteiger partial charge in [0, 0.05) is 39.3 Å². The molecule has 0 aliphatic heterocycles. The normalized spacial score (nSPS) is 14.3. The fraction of sp³-hybridized carbons (Fsp3) is 0.333. The average Bonchev–Trinajstić information content (AvgIpc) is 3.41. The molecule has 4 nitrogen and oxygen atoms in total. The molecule has 0 saturated heterocycles. The van der Waals surface area contributed by atoms with Crippen LogP contribution in [0.3, 0.4) is 0 Å². The maximum atomic E-state index is 13.8. The molecule has 1 N–H and O–H groups in total. The largest absolute Gasteiger partial charge is 0.352 e. The second-order valence-corrected chi connectivity index (χ2v) is 12.3. The number of benzene rings is 3. The van der Waals surface area contributed by atoms with Gasteiger partial charge in [-0.2, -0.15) is 0 Å². The van der Waals surface area contributed by atoms with Crippen molar-refractivity contribution < 1.29 is 9.59 Å². The van der Waals surface area contributed by atoms with Gasteiger partial charge in [-0.1, -0.05) is 101 Å². The molecule has 0 radical (unpaired) electrons. The molecule has 3 aromatic rings. The molecule has 1 aliphatic carbocycles. The Bertz CT molecular complexity index is 1240. The number of carbonyl (C=O) groups is 2. The maximum absolute atomic E-state index is 13.8. The molecule has 1 saturated carbocycles. The van der Waals surface area contributed by atoms with Crippen molar-refractivity contribution in [1.29, 1.82) is 0 Å². The van der Waals surface area contributed by atoms with Gasteiger partial charge >= 0.3 is 0 Å². The van der Waals surface area contributed by atoms with Gasteiger partial charge in [0.2, 0.25) is 11.8 Å². The Balaban J connectivity index is 1.57. The lowest BCUT2D eigenvalue weighted by molar-refractivity contribution is -0.139. The van der Waals surface area contributed by atoms with E-state index in [2.05, 4.69) is 21.2 Å². The summed E-state index contributed by atoms with van der Waals surface area (Å²) in [5.74, 6) is 0.636. The third-order valence-electron chi connectivity index (χ3n) is 6.71. The lowest BCUT2D eigenvalue weighted by Crippen LogP contribution is -2.52. The Kier molecular flexibility index (Phi) is 11.0. The molecule has 2 amide bonds. The molecule has 0 spiro atoms. The van der Waals surface area contributed by atoms with Crippen LogP contribution in [-0.2, 0) is 28.3 Å². The molecule has 1 atom stereocenters. The Morgan fingerprint density at radius 3 is 2.42 bits per heavy atom. The third kappa shape index (κ3) is 8.51. The van der Waals surface area contributed by atoms with Crippen LogP contribution < -0.4 is 5.32 Å². The highest BCUT2D eigenvalue weighted by molar-refractivity contribution is 9.10. The molecule has 0 aromatic heterocycles. The first-order valence-corrected chi connectivity index (χ1v) is 15.5. The van der Waals surface area contributed by atoms with Crippen molar-refractivity contribution in [2.24, 2.45) is 0 Å². The van der Waals surface area contributed by atoms with Crippen molar-refractivity contribution >= 4 is 62.7 Å². The summed E-state index contributed by atoms with van der Waals surface area (Å²) in [5, 5.41) is 4.41. The molecule has 200 valence electrons. The van der Waals surface area contributed by atoms with Crippen LogP contribution in [0.25, 0.3) is 0 Å². The summed E-state index contributed by atoms with van der Waals surface area (Å²) in [4.78, 5) is 29.3. The predicted octanol–water partition coefficient (Wildman–Crippen LogP) is 7.69. The van der Waals surface area contributed by atoms with E-state index in [9.17, 15) is 9.59 Å². The Morgan fingerprint density at radius 2 is 1.71 bits per heavy atom. The van der Waals surface area contributed by atoms with Crippen LogP contribution >= 0.6 is 50.9 Å². The van der Waals surface area contributed by atoms with Crippen LogP contribution in [0.2, 0.25) is 10.0 Å². The number of thioether (sulfide) groups is 1. The number of nitrogens with zero attached hydrogens (tertiary/aromatic N) is 1. The van der Waals surface area contributed by atoms with Gasteiger partial charge in [0.15, 0.2) is 0 Å². The molecule has 0 heterocycles. The van der Waals surface area contributed by atoms with Gasteiger partial charge in [0.05, 0.1) is 5.75 Å². The lowest BCUT2D eigenvalue weighted by Gasteiger charge is -2.32. The molecule has 0 unspecified atom stereocenters. The number of nitrogens with one attached hydrogen (secondary N) is 1. The number of carbonyl (C=O) groups excluding carboxylic acids is 2. The number of hydrogen-bond acceptors (Lipinski definition) is 3. The van der Waals surface area contributed by atoms with Crippen LogP contribution in [0.4, 0.5) is 0 Å². The first-order chi connectivity index (χ1) is 18.4. The molecule has 0 bridgehead atoms. The second-order valence-electron chi connectivity index (χ2n) is 9.58. The van der Waals surface area contributed by atoms with Crippen molar-refractivity contribution in [3.05, 3.63) is 104 Å². The summed E-state index contributed by atoms with van der Waals surface area (Å²) in [5.41, 5.74) is 2.91. The van der Waals surface area contributed by atoms with Gasteiger partial charge in [-0.25, -0.2) is 0 Å². The minimum Gasteiger partial charge on any atom is -0.352 e. The van der Waals surface area contributed by atoms with E-state index in [4.69, 9.17) is 23.2 Å². The summed E-state index contributed by atoms with van der Waals surface area (Å²) >= 11 is 17.4. The predicted molar refractivity (Wildman–Crippen MR) is 162 cm³/mol. The van der Waals surface area contributed by atoms with Gasteiger partial charge in [0.1, 0.15) is 6.04 Å². The highest BCUT2D eigenvalue weighted by Gasteiger charge is 2.32. The van der Waals surface area contributed by atoms with Crippen LogP contribution in [0.1, 0.15) is 42.4 Å². The highest BCUT2D eigenvalue weighted by Crippen LogP contribution is 2.26. The Hall–Kier alpha value is -1.99. The highest BCUT2D eigenvalue weighted by atomic mass is 79.9. The molecular formula is C30H31BrCl2N2O2S. The van der Waals surface area contributed by atoms with Crippen LogP contribution in [0.15, 0.2) is 77.3 Å². The van der Waals surface area contributed by atoms with E-state index in [-0.39, 0.29) is 23.6 Å². The first-order valence-electron chi connectivity index (χ1n) is 12.8. The zero-order valence-electron chi connectivity index (χ0n) is 21.0. The van der Waals surface area contributed by atoms with E-state index in [0.717, 1.165) is 46.8 Å². The van der Waals surface area contributed by atoms with Gasteiger partial charge in [-0.3, -0.25) is 9.59 Å². The Labute approximate surface area is 247 Å². The summed E-state index contributed by atoms with van der Waals surface area (Å²) in [7, 11) is 0. The number of rotatable bonds is 11. The van der Waals surface area contributed by atoms with E-state index in [1.807, 2.05) is 60.7 Å². The van der Waals surface area contributed by atoms with E-state index in [1.165, 1.54) is 11.8 Å². The molecule has 3 aromatic carbocycles. The van der Waals surface area contributed by atoms with Crippen molar-refractivity contribution in [3.8, 4) is 0 Å². The van der Waals surface area contributed by atoms with Crippen molar-refractivity contribution in [2.45, 2.75) is 56.5 Å². The lowest BCUT2D eigenvalue weighted by atomic mass is 10.0. The zero-order valence-corrected chi connectivity index (χ0v) is 25.0. The number of hydrogen-bond donors (Lipinski definition) is 1. The minimum absolute atomic E-state index is 0.0810. The molecule has 1 fully saturated rings. The molecule has 38 heavy (non-hydrogen) atoms. The zero-order chi connectivity index (χ0) is 26.9. The summed E-state index contributed by atoms with van der Waals surface area (Å²) in [6.45, 7) is 0.343. The standard InChI is InChI=1S/C30H31BrCl2N2O2S/c31-24-10-6-9-22(15-24)18-35(29(36)20-38-19-23-13-14-25(32)17-27(23)33)28(16-21-7-2-1-3-8-21)30(37)34-26-11-4-5-12-26/h1-3,6-10,13-15,17,26,28H,4-5,11-12,16,18-20H2,(H,34,37)/t28-/m1/s1. The maximum Gasteiger partial charge on any atom is 0.243 e. The topological polar surface area (TPSA) is 49.4 Å².